The molecule has 0 aromatic heterocycles. The number of urea groups is 1. The highest BCUT2D eigenvalue weighted by Gasteiger charge is 2.50. The quantitative estimate of drug-likeness (QED) is 0.739. The number of carbonyl (C=O) groups excluding carboxylic acids is 1. The number of hydrogen-bond acceptors (Lipinski definition) is 2. The van der Waals surface area contributed by atoms with E-state index in [0.717, 1.165) is 0 Å². The zero-order valence-electron chi connectivity index (χ0n) is 11.0. The van der Waals surface area contributed by atoms with Gasteiger partial charge in [-0.3, -0.25) is 4.79 Å². The Hall–Kier alpha value is -2.11. The van der Waals surface area contributed by atoms with Crippen molar-refractivity contribution in [2.75, 3.05) is 13.1 Å². The summed E-state index contributed by atoms with van der Waals surface area (Å²) in [5.74, 6) is -1.17. The highest BCUT2D eigenvalue weighted by atomic mass is 19.1. The van der Waals surface area contributed by atoms with E-state index in [2.05, 4.69) is 10.6 Å². The topological polar surface area (TPSA) is 78.4 Å². The summed E-state index contributed by atoms with van der Waals surface area (Å²) in [5.41, 5.74) is -0.236. The summed E-state index contributed by atoms with van der Waals surface area (Å²) in [6.07, 6.45) is 1.58. The molecule has 2 rings (SSSR count). The fourth-order valence-electron chi connectivity index (χ4n) is 1.94. The Balaban J connectivity index is 1.68. The number of carboxylic acid groups (broad SMARTS) is 1. The lowest BCUT2D eigenvalue weighted by Gasteiger charge is -2.12. The van der Waals surface area contributed by atoms with Crippen LogP contribution in [0.3, 0.4) is 0 Å². The molecule has 0 atom stereocenters. The third-order valence-electron chi connectivity index (χ3n) is 3.53. The Labute approximate surface area is 116 Å². The van der Waals surface area contributed by atoms with Crippen molar-refractivity contribution in [3.05, 3.63) is 35.6 Å². The van der Waals surface area contributed by atoms with E-state index in [9.17, 15) is 14.0 Å². The number of amides is 2. The van der Waals surface area contributed by atoms with E-state index in [1.165, 1.54) is 6.07 Å². The molecule has 0 saturated heterocycles. The summed E-state index contributed by atoms with van der Waals surface area (Å²) in [6.45, 7) is 0.431. The third-order valence-corrected chi connectivity index (χ3v) is 3.53. The maximum absolute atomic E-state index is 13.3. The monoisotopic (exact) mass is 280 g/mol. The molecule has 1 aromatic rings. The molecule has 5 nitrogen and oxygen atoms in total. The Morgan fingerprint density at radius 3 is 2.55 bits per heavy atom. The normalized spacial score (nSPS) is 15.4. The molecule has 0 heterocycles. The fraction of sp³-hybridized carbons (Fsp3) is 0.429. The molecule has 1 aliphatic carbocycles. The van der Waals surface area contributed by atoms with E-state index in [4.69, 9.17) is 5.11 Å². The SMILES string of the molecule is O=C(NCCc1ccccc1F)NCC1(C(=O)O)CC1. The lowest BCUT2D eigenvalue weighted by atomic mass is 10.1. The van der Waals surface area contributed by atoms with E-state index in [1.807, 2.05) is 0 Å². The van der Waals surface area contributed by atoms with Gasteiger partial charge in [0.15, 0.2) is 0 Å². The Morgan fingerprint density at radius 2 is 1.95 bits per heavy atom. The lowest BCUT2D eigenvalue weighted by Crippen LogP contribution is -2.41. The molecule has 0 unspecified atom stereocenters. The average Bonchev–Trinajstić information content (AvgIpc) is 3.20. The molecule has 1 saturated carbocycles. The Morgan fingerprint density at radius 1 is 1.25 bits per heavy atom. The van der Waals surface area contributed by atoms with E-state index >= 15 is 0 Å². The first-order chi connectivity index (χ1) is 9.53. The van der Waals surface area contributed by atoms with Crippen molar-refractivity contribution in [3.8, 4) is 0 Å². The van der Waals surface area contributed by atoms with Gasteiger partial charge in [0, 0.05) is 13.1 Å². The van der Waals surface area contributed by atoms with Crippen molar-refractivity contribution < 1.29 is 19.1 Å². The van der Waals surface area contributed by atoms with Crippen molar-refractivity contribution in [2.24, 2.45) is 5.41 Å². The van der Waals surface area contributed by atoms with E-state index < -0.39 is 17.4 Å². The highest BCUT2D eigenvalue weighted by Crippen LogP contribution is 2.45. The Bertz CT molecular complexity index is 515. The molecule has 0 spiro atoms. The molecule has 20 heavy (non-hydrogen) atoms. The number of carboxylic acids is 1. The van der Waals surface area contributed by atoms with Gasteiger partial charge in [0.25, 0.3) is 0 Å². The van der Waals surface area contributed by atoms with Crippen molar-refractivity contribution >= 4 is 12.0 Å². The zero-order chi connectivity index (χ0) is 14.6. The summed E-state index contributed by atoms with van der Waals surface area (Å²) in [4.78, 5) is 22.4. The second-order valence-electron chi connectivity index (χ2n) is 5.04. The van der Waals surface area contributed by atoms with E-state index in [-0.39, 0.29) is 12.4 Å². The predicted octanol–water partition coefficient (Wildman–Crippen LogP) is 1.53. The van der Waals surface area contributed by atoms with Crippen LogP contribution in [0.4, 0.5) is 9.18 Å². The summed E-state index contributed by atoms with van der Waals surface area (Å²) in [5, 5.41) is 14.1. The minimum Gasteiger partial charge on any atom is -0.481 e. The molecule has 6 heteroatoms. The highest BCUT2D eigenvalue weighted by molar-refractivity contribution is 5.80. The van der Waals surface area contributed by atoms with Crippen LogP contribution in [0.1, 0.15) is 18.4 Å². The van der Waals surface area contributed by atoms with Gasteiger partial charge >= 0.3 is 12.0 Å². The van der Waals surface area contributed by atoms with Gasteiger partial charge in [-0.1, -0.05) is 18.2 Å². The van der Waals surface area contributed by atoms with Gasteiger partial charge in [-0.15, -0.1) is 0 Å². The summed E-state index contributed by atoms with van der Waals surface area (Å²) < 4.78 is 13.3. The van der Waals surface area contributed by atoms with Gasteiger partial charge in [0.2, 0.25) is 0 Å². The van der Waals surface area contributed by atoms with Gasteiger partial charge in [-0.25, -0.2) is 9.18 Å². The van der Waals surface area contributed by atoms with Gasteiger partial charge in [-0.05, 0) is 30.9 Å². The first kappa shape index (κ1) is 14.3. The van der Waals surface area contributed by atoms with Crippen LogP contribution in [-0.2, 0) is 11.2 Å². The minimum atomic E-state index is -0.871. The molecule has 0 radical (unpaired) electrons. The van der Waals surface area contributed by atoms with Crippen molar-refractivity contribution in [1.82, 2.24) is 10.6 Å². The van der Waals surface area contributed by atoms with Crippen LogP contribution >= 0.6 is 0 Å². The van der Waals surface area contributed by atoms with Crippen LogP contribution in [-0.4, -0.2) is 30.2 Å². The van der Waals surface area contributed by atoms with Crippen LogP contribution in [0.15, 0.2) is 24.3 Å². The van der Waals surface area contributed by atoms with Gasteiger partial charge in [-0.2, -0.15) is 0 Å². The largest absolute Gasteiger partial charge is 0.481 e. The number of rotatable bonds is 6. The lowest BCUT2D eigenvalue weighted by molar-refractivity contribution is -0.143. The molecule has 108 valence electrons. The molecule has 3 N–H and O–H groups in total. The minimum absolute atomic E-state index is 0.133. The van der Waals surface area contributed by atoms with Gasteiger partial charge in [0.1, 0.15) is 5.82 Å². The van der Waals surface area contributed by atoms with Crippen LogP contribution in [0.25, 0.3) is 0 Å². The van der Waals surface area contributed by atoms with Crippen LogP contribution in [0.2, 0.25) is 0 Å². The molecular formula is C14H17FN2O3. The number of aliphatic carboxylic acids is 1. The summed E-state index contributed by atoms with van der Waals surface area (Å²) in [6, 6.07) is 5.97. The van der Waals surface area contributed by atoms with Crippen molar-refractivity contribution in [1.29, 1.82) is 0 Å². The predicted molar refractivity (Wildman–Crippen MR) is 70.8 cm³/mol. The van der Waals surface area contributed by atoms with Crippen molar-refractivity contribution in [2.45, 2.75) is 19.3 Å². The maximum Gasteiger partial charge on any atom is 0.314 e. The van der Waals surface area contributed by atoms with Crippen LogP contribution < -0.4 is 10.6 Å². The molecule has 0 bridgehead atoms. The van der Waals surface area contributed by atoms with Gasteiger partial charge in [0.05, 0.1) is 5.41 Å². The number of carbonyl (C=O) groups is 2. The number of hydrogen-bond donors (Lipinski definition) is 3. The number of nitrogens with one attached hydrogen (secondary N) is 2. The van der Waals surface area contributed by atoms with Gasteiger partial charge < -0.3 is 15.7 Å². The second kappa shape index (κ2) is 5.90. The number of benzene rings is 1. The molecular weight excluding hydrogens is 263 g/mol. The maximum atomic E-state index is 13.3. The fourth-order valence-corrected chi connectivity index (χ4v) is 1.94. The smallest absolute Gasteiger partial charge is 0.314 e. The first-order valence-corrected chi connectivity index (χ1v) is 6.52. The number of halogens is 1. The average molecular weight is 280 g/mol. The molecule has 1 fully saturated rings. The third kappa shape index (κ3) is 3.46. The van der Waals surface area contributed by atoms with Crippen LogP contribution in [0.5, 0.6) is 0 Å². The summed E-state index contributed by atoms with van der Waals surface area (Å²) >= 11 is 0. The molecule has 1 aromatic carbocycles. The molecule has 0 aliphatic heterocycles. The van der Waals surface area contributed by atoms with Crippen LogP contribution in [0, 0.1) is 11.2 Å². The second-order valence-corrected chi connectivity index (χ2v) is 5.04. The Kier molecular flexibility index (Phi) is 4.22. The van der Waals surface area contributed by atoms with Crippen molar-refractivity contribution in [3.63, 3.8) is 0 Å². The molecule has 2 amide bonds. The zero-order valence-corrected chi connectivity index (χ0v) is 11.0. The standard InChI is InChI=1S/C14H17FN2O3/c15-11-4-2-1-3-10(11)5-8-16-13(20)17-9-14(6-7-14)12(18)19/h1-4H,5-9H2,(H,18,19)(H2,16,17,20). The molecule has 1 aliphatic rings. The first-order valence-electron chi connectivity index (χ1n) is 6.52. The van der Waals surface area contributed by atoms with E-state index in [1.54, 1.807) is 18.2 Å². The summed E-state index contributed by atoms with van der Waals surface area (Å²) in [7, 11) is 0. The van der Waals surface area contributed by atoms with E-state index in [0.29, 0.717) is 31.4 Å².